The van der Waals surface area contributed by atoms with Crippen LogP contribution in [0.5, 0.6) is 0 Å². The minimum atomic E-state index is -4.58. The lowest BCUT2D eigenvalue weighted by Crippen LogP contribution is -2.50. The molecule has 40 heavy (non-hydrogen) atoms. The zero-order valence-corrected chi connectivity index (χ0v) is 23.3. The van der Waals surface area contributed by atoms with Crippen LogP contribution in [0.25, 0.3) is 10.9 Å². The smallest absolute Gasteiger partial charge is 0.382 e. The van der Waals surface area contributed by atoms with Crippen molar-refractivity contribution in [3.05, 3.63) is 64.1 Å². The molecule has 7 nitrogen and oxygen atoms in total. The van der Waals surface area contributed by atoms with Gasteiger partial charge in [0.15, 0.2) is 0 Å². The molecule has 1 aliphatic carbocycles. The van der Waals surface area contributed by atoms with Crippen molar-refractivity contribution >= 4 is 44.2 Å². The Balaban J connectivity index is 1.05. The van der Waals surface area contributed by atoms with Gasteiger partial charge in [0.25, 0.3) is 0 Å². The number of nitrogens with zero attached hydrogens (tertiary/aromatic N) is 4. The highest BCUT2D eigenvalue weighted by Gasteiger charge is 2.34. The summed E-state index contributed by atoms with van der Waals surface area (Å²) < 4.78 is 46.7. The quantitative estimate of drug-likeness (QED) is 0.368. The number of fused-ring (bicyclic) bond motifs is 1. The summed E-state index contributed by atoms with van der Waals surface area (Å²) in [6.07, 6.45) is -1.78. The first-order valence-corrected chi connectivity index (χ1v) is 14.1. The zero-order chi connectivity index (χ0) is 28.3. The van der Waals surface area contributed by atoms with E-state index in [0.717, 1.165) is 27.3 Å². The van der Waals surface area contributed by atoms with E-state index in [4.69, 9.17) is 15.0 Å². The first kappa shape index (κ1) is 28.2. The second kappa shape index (κ2) is 12.0. The first-order chi connectivity index (χ1) is 19.2. The van der Waals surface area contributed by atoms with E-state index >= 15 is 0 Å². The molecule has 1 saturated carbocycles. The van der Waals surface area contributed by atoms with Gasteiger partial charge < -0.3 is 19.9 Å². The Labute approximate surface area is 239 Å². The van der Waals surface area contributed by atoms with Gasteiger partial charge in [-0.15, -0.1) is 0 Å². The molecule has 2 fully saturated rings. The minimum Gasteiger partial charge on any atom is -0.382 e. The summed E-state index contributed by atoms with van der Waals surface area (Å²) in [5, 5.41) is 13.2. The van der Waals surface area contributed by atoms with Gasteiger partial charge in [0.1, 0.15) is 12.4 Å². The number of aromatic nitrogens is 1. The molecule has 1 aromatic heterocycles. The Kier molecular flexibility index (Phi) is 8.47. The van der Waals surface area contributed by atoms with E-state index < -0.39 is 11.7 Å². The third-order valence-corrected chi connectivity index (χ3v) is 8.02. The van der Waals surface area contributed by atoms with Gasteiger partial charge in [0, 0.05) is 47.8 Å². The molecule has 0 atom stereocenters. The summed E-state index contributed by atoms with van der Waals surface area (Å²) >= 11 is 3.48. The highest BCUT2D eigenvalue weighted by atomic mass is 79.9. The number of hydrogen-bond acceptors (Lipinski definition) is 6. The molecule has 0 radical (unpaired) electrons. The van der Waals surface area contributed by atoms with Gasteiger partial charge in [0.05, 0.1) is 28.8 Å². The van der Waals surface area contributed by atoms with Crippen LogP contribution in [-0.2, 0) is 15.7 Å². The summed E-state index contributed by atoms with van der Waals surface area (Å²) in [5.41, 5.74) is -0.0455. The normalized spacial score (nSPS) is 19.9. The molecule has 0 bridgehead atoms. The summed E-state index contributed by atoms with van der Waals surface area (Å²) in [4.78, 5) is 21.6. The Morgan fingerprint density at radius 1 is 1.05 bits per heavy atom. The van der Waals surface area contributed by atoms with Crippen LogP contribution in [0, 0.1) is 11.3 Å². The second-order valence-electron chi connectivity index (χ2n) is 10.2. The molecule has 2 heterocycles. The summed E-state index contributed by atoms with van der Waals surface area (Å²) in [6, 6.07) is 15.4. The van der Waals surface area contributed by atoms with E-state index in [1.54, 1.807) is 6.07 Å². The maximum Gasteiger partial charge on any atom is 0.417 e. The van der Waals surface area contributed by atoms with E-state index in [0.29, 0.717) is 57.5 Å². The molecule has 1 N–H and O–H groups in total. The SMILES string of the molecule is N#Cc1ccc(N[C@H]2CC[C@H](OCC(=O)N3CCN(c4ccc5cc(Br)ccc5n4)CC3)CC2)cc1C(F)(F)F. The van der Waals surface area contributed by atoms with E-state index in [1.807, 2.05) is 29.2 Å². The van der Waals surface area contributed by atoms with Crippen LogP contribution >= 0.6 is 15.9 Å². The molecule has 1 saturated heterocycles. The number of nitriles is 1. The lowest BCUT2D eigenvalue weighted by atomic mass is 9.92. The maximum atomic E-state index is 13.3. The lowest BCUT2D eigenvalue weighted by Gasteiger charge is -2.36. The Hall–Kier alpha value is -3.36. The van der Waals surface area contributed by atoms with Gasteiger partial charge >= 0.3 is 6.18 Å². The van der Waals surface area contributed by atoms with Crippen molar-refractivity contribution < 1.29 is 22.7 Å². The van der Waals surface area contributed by atoms with Crippen LogP contribution in [0.15, 0.2) is 53.0 Å². The molecule has 1 amide bonds. The molecule has 210 valence electrons. The predicted octanol–water partition coefficient (Wildman–Crippen LogP) is 5.98. The number of piperazine rings is 1. The maximum absolute atomic E-state index is 13.3. The van der Waals surface area contributed by atoms with Crippen molar-refractivity contribution in [1.82, 2.24) is 9.88 Å². The van der Waals surface area contributed by atoms with E-state index in [9.17, 15) is 18.0 Å². The van der Waals surface area contributed by atoms with Gasteiger partial charge in [-0.3, -0.25) is 4.79 Å². The number of benzene rings is 2. The molecule has 5 rings (SSSR count). The van der Waals surface area contributed by atoms with Gasteiger partial charge in [-0.2, -0.15) is 18.4 Å². The number of anilines is 2. The minimum absolute atomic E-state index is 0.00267. The highest BCUT2D eigenvalue weighted by Crippen LogP contribution is 2.34. The van der Waals surface area contributed by atoms with Gasteiger partial charge in [-0.1, -0.05) is 15.9 Å². The standard InChI is InChI=1S/C29H29BrF3N5O2/c30-21-3-9-26-19(15-21)2-10-27(36-26)37-11-13-38(14-12-37)28(39)18-40-24-7-5-22(6-8-24)35-23-4-1-20(17-34)25(16-23)29(31,32)33/h1-4,9-10,15-16,22,24,35H,5-8,11-14,18H2/t22-,24-. The molecule has 3 aromatic rings. The van der Waals surface area contributed by atoms with Gasteiger partial charge in [-0.25, -0.2) is 4.98 Å². The molecule has 2 aromatic carbocycles. The van der Waals surface area contributed by atoms with Crippen LogP contribution in [0.3, 0.4) is 0 Å². The topological polar surface area (TPSA) is 81.5 Å². The largest absolute Gasteiger partial charge is 0.417 e. The third kappa shape index (κ3) is 6.67. The zero-order valence-electron chi connectivity index (χ0n) is 21.8. The summed E-state index contributed by atoms with van der Waals surface area (Å²) in [5.74, 6) is 0.868. The fourth-order valence-electron chi connectivity index (χ4n) is 5.30. The molecule has 11 heteroatoms. The number of nitrogens with one attached hydrogen (secondary N) is 1. The fraction of sp³-hybridized carbons (Fsp3) is 0.414. The van der Waals surface area contributed by atoms with E-state index in [1.165, 1.54) is 12.1 Å². The number of pyridine rings is 1. The van der Waals surface area contributed by atoms with Crippen LogP contribution in [0.2, 0.25) is 0 Å². The Bertz CT molecular complexity index is 1410. The molecule has 0 spiro atoms. The van der Waals surface area contributed by atoms with Crippen molar-refractivity contribution in [2.24, 2.45) is 0 Å². The molecule has 2 aliphatic rings. The molecular weight excluding hydrogens is 587 g/mol. The van der Waals surface area contributed by atoms with Crippen LogP contribution < -0.4 is 10.2 Å². The van der Waals surface area contributed by atoms with E-state index in [-0.39, 0.29) is 30.2 Å². The average molecular weight is 616 g/mol. The highest BCUT2D eigenvalue weighted by molar-refractivity contribution is 9.10. The van der Waals surface area contributed by atoms with Crippen LogP contribution in [0.1, 0.15) is 36.8 Å². The third-order valence-electron chi connectivity index (χ3n) is 7.53. The summed E-state index contributed by atoms with van der Waals surface area (Å²) in [7, 11) is 0. The first-order valence-electron chi connectivity index (χ1n) is 13.3. The number of alkyl halides is 3. The van der Waals surface area contributed by atoms with E-state index in [2.05, 4.69) is 32.2 Å². The number of halogens is 4. The van der Waals surface area contributed by atoms with Gasteiger partial charge in [0.2, 0.25) is 5.91 Å². The number of carbonyl (C=O) groups is 1. The molecular formula is C29H29BrF3N5O2. The molecule has 1 aliphatic heterocycles. The fourth-order valence-corrected chi connectivity index (χ4v) is 5.68. The van der Waals surface area contributed by atoms with Crippen molar-refractivity contribution in [2.75, 3.05) is 43.0 Å². The monoisotopic (exact) mass is 615 g/mol. The van der Waals surface area contributed by atoms with Crippen molar-refractivity contribution in [2.45, 2.75) is 44.0 Å². The van der Waals surface area contributed by atoms with Crippen molar-refractivity contribution in [3.63, 3.8) is 0 Å². The van der Waals surface area contributed by atoms with Crippen molar-refractivity contribution in [3.8, 4) is 6.07 Å². The number of hydrogen-bond donors (Lipinski definition) is 1. The van der Waals surface area contributed by atoms with Crippen LogP contribution in [-0.4, -0.2) is 60.7 Å². The second-order valence-corrected chi connectivity index (χ2v) is 11.1. The number of rotatable bonds is 6. The average Bonchev–Trinajstić information content (AvgIpc) is 2.96. The predicted molar refractivity (Wildman–Crippen MR) is 150 cm³/mol. The molecule has 0 unspecified atom stereocenters. The Morgan fingerprint density at radius 3 is 2.50 bits per heavy atom. The Morgan fingerprint density at radius 2 is 1.80 bits per heavy atom. The van der Waals surface area contributed by atoms with Crippen molar-refractivity contribution in [1.29, 1.82) is 5.26 Å². The lowest BCUT2D eigenvalue weighted by molar-refractivity contribution is -0.139. The summed E-state index contributed by atoms with van der Waals surface area (Å²) in [6.45, 7) is 2.62. The number of ether oxygens (including phenoxy) is 1. The van der Waals surface area contributed by atoms with Gasteiger partial charge in [-0.05, 0) is 74.2 Å². The number of carbonyl (C=O) groups excluding carboxylic acids is 1. The number of amides is 1. The van der Waals surface area contributed by atoms with Crippen LogP contribution in [0.4, 0.5) is 24.7 Å².